The minimum absolute atomic E-state index is 0.270. The van der Waals surface area contributed by atoms with E-state index in [2.05, 4.69) is 6.07 Å². The molecule has 2 aromatic carbocycles. The van der Waals surface area contributed by atoms with Crippen molar-refractivity contribution in [1.82, 2.24) is 0 Å². The predicted molar refractivity (Wildman–Crippen MR) is 76.7 cm³/mol. The number of nitrogens with zero attached hydrogens (tertiary/aromatic N) is 2. The molecule has 0 amide bonds. The lowest BCUT2D eigenvalue weighted by Gasteiger charge is -2.21. The van der Waals surface area contributed by atoms with Crippen molar-refractivity contribution in [1.29, 1.82) is 5.26 Å². The normalized spacial score (nSPS) is 9.80. The molecule has 100 valence electrons. The highest BCUT2D eigenvalue weighted by Gasteiger charge is 2.12. The lowest BCUT2D eigenvalue weighted by atomic mass is 10.1. The van der Waals surface area contributed by atoms with Gasteiger partial charge in [0.2, 0.25) is 0 Å². The maximum absolute atomic E-state index is 11.2. The first-order valence-electron chi connectivity index (χ1n) is 6.14. The van der Waals surface area contributed by atoms with Crippen molar-refractivity contribution in [2.24, 2.45) is 0 Å². The van der Waals surface area contributed by atoms with Crippen LogP contribution < -0.4 is 4.90 Å². The van der Waals surface area contributed by atoms with Crippen LogP contribution in [0, 0.1) is 11.3 Å². The molecule has 0 fully saturated rings. The number of carboxylic acids is 1. The minimum atomic E-state index is -0.946. The third kappa shape index (κ3) is 2.96. The maximum Gasteiger partial charge on any atom is 0.337 e. The number of anilines is 1. The second-order valence-corrected chi connectivity index (χ2v) is 4.49. The molecule has 0 radical (unpaired) electrons. The van der Waals surface area contributed by atoms with Gasteiger partial charge in [0.1, 0.15) is 0 Å². The summed E-state index contributed by atoms with van der Waals surface area (Å²) in [5.41, 5.74) is 2.49. The van der Waals surface area contributed by atoms with Crippen LogP contribution in [-0.2, 0) is 6.54 Å². The van der Waals surface area contributed by atoms with E-state index in [0.29, 0.717) is 17.8 Å². The fraction of sp³-hybridized carbons (Fsp3) is 0.125. The number of carboxylic acid groups (broad SMARTS) is 1. The molecule has 20 heavy (non-hydrogen) atoms. The van der Waals surface area contributed by atoms with Gasteiger partial charge in [-0.1, -0.05) is 24.3 Å². The molecule has 2 rings (SSSR count). The highest BCUT2D eigenvalue weighted by molar-refractivity contribution is 5.94. The highest BCUT2D eigenvalue weighted by atomic mass is 16.4. The first-order chi connectivity index (χ1) is 9.61. The molecule has 4 heteroatoms. The van der Waals surface area contributed by atoms with E-state index in [9.17, 15) is 9.90 Å². The van der Waals surface area contributed by atoms with Crippen molar-refractivity contribution in [3.05, 3.63) is 65.2 Å². The van der Waals surface area contributed by atoms with Crippen LogP contribution in [0.15, 0.2) is 48.5 Å². The van der Waals surface area contributed by atoms with Crippen LogP contribution in [0.1, 0.15) is 21.5 Å². The molecule has 1 N–H and O–H groups in total. The van der Waals surface area contributed by atoms with Crippen LogP contribution >= 0.6 is 0 Å². The van der Waals surface area contributed by atoms with Crippen molar-refractivity contribution >= 4 is 11.7 Å². The molecule has 4 nitrogen and oxygen atoms in total. The van der Waals surface area contributed by atoms with Crippen LogP contribution in [0.5, 0.6) is 0 Å². The molecule has 0 aliphatic rings. The molecule has 0 unspecified atom stereocenters. The summed E-state index contributed by atoms with van der Waals surface area (Å²) in [6.45, 7) is 0.541. The van der Waals surface area contributed by atoms with Crippen molar-refractivity contribution in [2.45, 2.75) is 6.54 Å². The summed E-state index contributed by atoms with van der Waals surface area (Å²) < 4.78 is 0. The van der Waals surface area contributed by atoms with Gasteiger partial charge in [0, 0.05) is 13.6 Å². The number of carbonyl (C=O) groups is 1. The summed E-state index contributed by atoms with van der Waals surface area (Å²) in [4.78, 5) is 13.1. The van der Waals surface area contributed by atoms with Gasteiger partial charge in [0.15, 0.2) is 0 Å². The van der Waals surface area contributed by atoms with Gasteiger partial charge in [-0.25, -0.2) is 4.79 Å². The van der Waals surface area contributed by atoms with Gasteiger partial charge in [-0.3, -0.25) is 0 Å². The number of benzene rings is 2. The Bertz CT molecular complexity index is 674. The Morgan fingerprint density at radius 1 is 1.25 bits per heavy atom. The first-order valence-corrected chi connectivity index (χ1v) is 6.14. The van der Waals surface area contributed by atoms with Crippen molar-refractivity contribution in [2.75, 3.05) is 11.9 Å². The quantitative estimate of drug-likeness (QED) is 0.924. The third-order valence-electron chi connectivity index (χ3n) is 3.02. The van der Waals surface area contributed by atoms with Crippen LogP contribution in [-0.4, -0.2) is 18.1 Å². The largest absolute Gasteiger partial charge is 0.478 e. The van der Waals surface area contributed by atoms with Crippen LogP contribution in [0.4, 0.5) is 5.69 Å². The molecular formula is C16H14N2O2. The van der Waals surface area contributed by atoms with E-state index < -0.39 is 5.97 Å². The van der Waals surface area contributed by atoms with Gasteiger partial charge in [-0.2, -0.15) is 5.26 Å². The van der Waals surface area contributed by atoms with Gasteiger partial charge >= 0.3 is 5.97 Å². The van der Waals surface area contributed by atoms with Gasteiger partial charge in [-0.15, -0.1) is 0 Å². The lowest BCUT2D eigenvalue weighted by Crippen LogP contribution is -2.19. The Balaban J connectivity index is 2.26. The molecule has 0 saturated heterocycles. The number of nitriles is 1. The summed E-state index contributed by atoms with van der Waals surface area (Å²) in [5, 5.41) is 18.1. The van der Waals surface area contributed by atoms with E-state index in [1.54, 1.807) is 30.3 Å². The number of hydrogen-bond acceptors (Lipinski definition) is 3. The Kier molecular flexibility index (Phi) is 4.02. The molecule has 0 heterocycles. The zero-order chi connectivity index (χ0) is 14.5. The Morgan fingerprint density at radius 2 is 2.00 bits per heavy atom. The fourth-order valence-electron chi connectivity index (χ4n) is 2.09. The van der Waals surface area contributed by atoms with E-state index in [-0.39, 0.29) is 5.56 Å². The standard InChI is InChI=1S/C16H14N2O2/c1-18(11-13-6-4-5-12(9-13)10-17)15-8-3-2-7-14(15)16(19)20/h2-9H,11H2,1H3,(H,19,20). The molecule has 0 saturated carbocycles. The van der Waals surface area contributed by atoms with Gasteiger partial charge in [0.25, 0.3) is 0 Å². The Morgan fingerprint density at radius 3 is 2.70 bits per heavy atom. The molecule has 0 aliphatic heterocycles. The highest BCUT2D eigenvalue weighted by Crippen LogP contribution is 2.21. The van der Waals surface area contributed by atoms with Crippen LogP contribution in [0.3, 0.4) is 0 Å². The number of rotatable bonds is 4. The minimum Gasteiger partial charge on any atom is -0.478 e. The van der Waals surface area contributed by atoms with Crippen molar-refractivity contribution in [3.8, 4) is 6.07 Å². The second-order valence-electron chi connectivity index (χ2n) is 4.49. The summed E-state index contributed by atoms with van der Waals surface area (Å²) >= 11 is 0. The predicted octanol–water partition coefficient (Wildman–Crippen LogP) is 2.89. The number of para-hydroxylation sites is 1. The Labute approximate surface area is 117 Å². The van der Waals surface area contributed by atoms with E-state index in [0.717, 1.165) is 5.56 Å². The molecule has 0 atom stereocenters. The number of aromatic carboxylic acids is 1. The average Bonchev–Trinajstić information content (AvgIpc) is 2.47. The number of hydrogen-bond donors (Lipinski definition) is 1. The van der Waals surface area contributed by atoms with E-state index in [1.165, 1.54) is 0 Å². The van der Waals surface area contributed by atoms with E-state index in [4.69, 9.17) is 5.26 Å². The SMILES string of the molecule is CN(Cc1cccc(C#N)c1)c1ccccc1C(=O)O. The topological polar surface area (TPSA) is 64.3 Å². The molecule has 0 aliphatic carbocycles. The molecule has 2 aromatic rings. The van der Waals surface area contributed by atoms with Crippen LogP contribution in [0.2, 0.25) is 0 Å². The second kappa shape index (κ2) is 5.89. The maximum atomic E-state index is 11.2. The third-order valence-corrected chi connectivity index (χ3v) is 3.02. The smallest absolute Gasteiger partial charge is 0.337 e. The molecular weight excluding hydrogens is 252 g/mol. The molecule has 0 spiro atoms. The molecule has 0 aromatic heterocycles. The van der Waals surface area contributed by atoms with Crippen molar-refractivity contribution < 1.29 is 9.90 Å². The van der Waals surface area contributed by atoms with E-state index in [1.807, 2.05) is 30.1 Å². The van der Waals surface area contributed by atoms with Crippen molar-refractivity contribution in [3.63, 3.8) is 0 Å². The zero-order valence-corrected chi connectivity index (χ0v) is 11.1. The lowest BCUT2D eigenvalue weighted by molar-refractivity contribution is 0.0697. The summed E-state index contributed by atoms with van der Waals surface area (Å²) in [6.07, 6.45) is 0. The van der Waals surface area contributed by atoms with Gasteiger partial charge in [-0.05, 0) is 29.8 Å². The fourth-order valence-corrected chi connectivity index (χ4v) is 2.09. The van der Waals surface area contributed by atoms with Crippen LogP contribution in [0.25, 0.3) is 0 Å². The summed E-state index contributed by atoms with van der Waals surface area (Å²) in [6, 6.07) is 16.3. The summed E-state index contributed by atoms with van der Waals surface area (Å²) in [5.74, 6) is -0.946. The van der Waals surface area contributed by atoms with Gasteiger partial charge in [0.05, 0.1) is 22.9 Å². The first kappa shape index (κ1) is 13.6. The summed E-state index contributed by atoms with van der Waals surface area (Å²) in [7, 11) is 1.83. The monoisotopic (exact) mass is 266 g/mol. The average molecular weight is 266 g/mol. The van der Waals surface area contributed by atoms with Gasteiger partial charge < -0.3 is 10.0 Å². The Hall–Kier alpha value is -2.80. The zero-order valence-electron chi connectivity index (χ0n) is 11.1. The van der Waals surface area contributed by atoms with E-state index >= 15 is 0 Å². The molecule has 0 bridgehead atoms.